The molecule has 1 aliphatic rings. The third-order valence-electron chi connectivity index (χ3n) is 1.42. The van der Waals surface area contributed by atoms with Gasteiger partial charge in [-0.05, 0) is 13.8 Å². The molecule has 4 nitrogen and oxygen atoms in total. The molecule has 0 fully saturated rings. The van der Waals surface area contributed by atoms with E-state index in [0.717, 1.165) is 5.84 Å². The summed E-state index contributed by atoms with van der Waals surface area (Å²) in [5, 5.41) is 7.54. The van der Waals surface area contributed by atoms with E-state index >= 15 is 0 Å². The number of nitrogens with zero attached hydrogens (tertiary/aromatic N) is 2. The maximum atomic E-state index is 7.54. The summed E-state index contributed by atoms with van der Waals surface area (Å²) in [7, 11) is 0. The molecule has 1 aliphatic heterocycles. The zero-order valence-corrected chi connectivity index (χ0v) is 8.51. The van der Waals surface area contributed by atoms with E-state index in [2.05, 4.69) is 13.5 Å². The maximum absolute atomic E-state index is 7.54. The van der Waals surface area contributed by atoms with Gasteiger partial charge in [-0.3, -0.25) is 10.4 Å². The molecule has 60 valence electrons. The van der Waals surface area contributed by atoms with E-state index in [9.17, 15) is 0 Å². The van der Waals surface area contributed by atoms with Gasteiger partial charge in [0.25, 0.3) is 0 Å². The fourth-order valence-corrected chi connectivity index (χ4v) is 1.28. The molecule has 0 aromatic carbocycles. The summed E-state index contributed by atoms with van der Waals surface area (Å²) in [6.07, 6.45) is 0. The molecule has 1 unspecified atom stereocenters. The second-order valence-electron chi connectivity index (χ2n) is 2.32. The molecule has 0 radical (unpaired) electrons. The first kappa shape index (κ1) is 8.63. The smallest absolute Gasteiger partial charge is 0.160 e. The van der Waals surface area contributed by atoms with Crippen molar-refractivity contribution in [2.45, 2.75) is 19.9 Å². The highest BCUT2D eigenvalue weighted by Gasteiger charge is 2.17. The standard InChI is InChI=1S/C6H9IN4/c1-3-5(8)6(11-7)10-4(2)9-3/h3,8H,1-2H3,(H,9,10,11). The van der Waals surface area contributed by atoms with E-state index in [1.54, 1.807) is 0 Å². The number of halogens is 1. The van der Waals surface area contributed by atoms with Crippen molar-refractivity contribution in [1.29, 1.82) is 5.41 Å². The second-order valence-corrected chi connectivity index (χ2v) is 2.86. The zero-order valence-electron chi connectivity index (χ0n) is 6.35. The van der Waals surface area contributed by atoms with Crippen LogP contribution in [0.3, 0.4) is 0 Å². The Morgan fingerprint density at radius 1 is 1.64 bits per heavy atom. The van der Waals surface area contributed by atoms with Crippen molar-refractivity contribution < 1.29 is 0 Å². The average molecular weight is 264 g/mol. The minimum Gasteiger partial charge on any atom is -0.311 e. The fourth-order valence-electron chi connectivity index (χ4n) is 0.866. The molecule has 1 atom stereocenters. The number of amidine groups is 2. The number of aliphatic imine (C=N–C) groups is 2. The molecule has 2 N–H and O–H groups in total. The maximum Gasteiger partial charge on any atom is 0.160 e. The van der Waals surface area contributed by atoms with Crippen LogP contribution in [0.15, 0.2) is 9.98 Å². The number of rotatable bonds is 0. The summed E-state index contributed by atoms with van der Waals surface area (Å²) in [4.78, 5) is 8.18. The molecule has 0 bridgehead atoms. The lowest BCUT2D eigenvalue weighted by atomic mass is 10.2. The number of hydrogen-bond acceptors (Lipinski definition) is 4. The summed E-state index contributed by atoms with van der Waals surface area (Å²) >= 11 is 1.97. The number of hydrogen-bond donors (Lipinski definition) is 2. The minimum absolute atomic E-state index is 0.0650. The third kappa shape index (κ3) is 1.76. The highest BCUT2D eigenvalue weighted by atomic mass is 127. The summed E-state index contributed by atoms with van der Waals surface area (Å²) in [6, 6.07) is -0.0650. The molecule has 0 aromatic heterocycles. The average Bonchev–Trinajstić information content (AvgIpc) is 1.96. The van der Waals surface area contributed by atoms with Gasteiger partial charge < -0.3 is 3.53 Å². The van der Waals surface area contributed by atoms with Crippen molar-refractivity contribution in [2.24, 2.45) is 9.98 Å². The Labute approximate surface area is 79.2 Å². The Morgan fingerprint density at radius 2 is 2.27 bits per heavy atom. The van der Waals surface area contributed by atoms with E-state index in [1.807, 2.05) is 36.7 Å². The lowest BCUT2D eigenvalue weighted by Gasteiger charge is -2.15. The molecule has 11 heavy (non-hydrogen) atoms. The van der Waals surface area contributed by atoms with Gasteiger partial charge in [-0.25, -0.2) is 4.99 Å². The molecule has 0 spiro atoms. The Balaban J connectivity index is 2.93. The summed E-state index contributed by atoms with van der Waals surface area (Å²) in [5.74, 6) is 1.35. The first-order valence-corrected chi connectivity index (χ1v) is 4.31. The zero-order chi connectivity index (χ0) is 8.43. The molecule has 5 heteroatoms. The van der Waals surface area contributed by atoms with Crippen LogP contribution in [-0.2, 0) is 0 Å². The second kappa shape index (κ2) is 3.29. The Hall–Kier alpha value is -0.460. The van der Waals surface area contributed by atoms with Crippen molar-refractivity contribution in [3.8, 4) is 0 Å². The van der Waals surface area contributed by atoms with Crippen LogP contribution in [0.25, 0.3) is 0 Å². The van der Waals surface area contributed by atoms with Gasteiger partial charge >= 0.3 is 0 Å². The quantitative estimate of drug-likeness (QED) is 0.500. The van der Waals surface area contributed by atoms with Gasteiger partial charge in [0, 0.05) is 0 Å². The molecule has 0 saturated heterocycles. The van der Waals surface area contributed by atoms with Crippen molar-refractivity contribution in [1.82, 2.24) is 3.53 Å². The Morgan fingerprint density at radius 3 is 2.82 bits per heavy atom. The molecular formula is C6H9IN4. The van der Waals surface area contributed by atoms with Crippen molar-refractivity contribution in [3.05, 3.63) is 0 Å². The highest BCUT2D eigenvalue weighted by molar-refractivity contribution is 14.1. The van der Waals surface area contributed by atoms with Crippen molar-refractivity contribution in [2.75, 3.05) is 0 Å². The highest BCUT2D eigenvalue weighted by Crippen LogP contribution is 2.03. The van der Waals surface area contributed by atoms with E-state index in [1.165, 1.54) is 0 Å². The van der Waals surface area contributed by atoms with Gasteiger partial charge in [-0.15, -0.1) is 0 Å². The molecule has 0 aromatic rings. The summed E-state index contributed by atoms with van der Waals surface area (Å²) < 4.78 is 2.83. The first-order valence-electron chi connectivity index (χ1n) is 3.23. The van der Waals surface area contributed by atoms with Gasteiger partial charge in [-0.2, -0.15) is 0 Å². The molecule has 0 saturated carbocycles. The van der Waals surface area contributed by atoms with Crippen LogP contribution < -0.4 is 3.53 Å². The predicted molar refractivity (Wildman–Crippen MR) is 54.9 cm³/mol. The van der Waals surface area contributed by atoms with Crippen LogP contribution in [0.2, 0.25) is 0 Å². The molecule has 0 aliphatic carbocycles. The van der Waals surface area contributed by atoms with Gasteiger partial charge in [0.2, 0.25) is 0 Å². The molecular weight excluding hydrogens is 255 g/mol. The third-order valence-corrected chi connectivity index (χ3v) is 1.93. The minimum atomic E-state index is -0.0650. The predicted octanol–water partition coefficient (Wildman–Crippen LogP) is 1.16. The van der Waals surface area contributed by atoms with Gasteiger partial charge in [0.15, 0.2) is 5.84 Å². The Kier molecular flexibility index (Phi) is 2.58. The lowest BCUT2D eigenvalue weighted by Crippen LogP contribution is -2.34. The Bertz CT molecular complexity index is 243. The normalized spacial score (nSPS) is 24.3. The lowest BCUT2D eigenvalue weighted by molar-refractivity contribution is 0.957. The molecule has 1 heterocycles. The summed E-state index contributed by atoms with van der Waals surface area (Å²) in [5.41, 5.74) is 0.449. The molecule has 0 amide bonds. The van der Waals surface area contributed by atoms with E-state index < -0.39 is 0 Å². The van der Waals surface area contributed by atoms with Crippen LogP contribution >= 0.6 is 22.9 Å². The largest absolute Gasteiger partial charge is 0.311 e. The van der Waals surface area contributed by atoms with Crippen LogP contribution in [-0.4, -0.2) is 23.4 Å². The van der Waals surface area contributed by atoms with Crippen LogP contribution in [0.1, 0.15) is 13.8 Å². The van der Waals surface area contributed by atoms with Crippen LogP contribution in [0, 0.1) is 5.41 Å². The number of nitrogens with one attached hydrogen (secondary N) is 2. The SMILES string of the molecule is CC1=NC(C)C(=N)C(NI)=N1. The topological polar surface area (TPSA) is 60.6 Å². The first-order chi connectivity index (χ1) is 5.15. The van der Waals surface area contributed by atoms with Crippen LogP contribution in [0.4, 0.5) is 0 Å². The van der Waals surface area contributed by atoms with Gasteiger partial charge in [0.1, 0.15) is 5.84 Å². The van der Waals surface area contributed by atoms with Gasteiger partial charge in [0.05, 0.1) is 34.6 Å². The van der Waals surface area contributed by atoms with Gasteiger partial charge in [-0.1, -0.05) is 0 Å². The summed E-state index contributed by atoms with van der Waals surface area (Å²) in [6.45, 7) is 3.71. The molecule has 1 rings (SSSR count). The van der Waals surface area contributed by atoms with Crippen molar-refractivity contribution >= 4 is 40.2 Å². The van der Waals surface area contributed by atoms with E-state index in [-0.39, 0.29) is 6.04 Å². The van der Waals surface area contributed by atoms with E-state index in [4.69, 9.17) is 5.41 Å². The monoisotopic (exact) mass is 264 g/mol. The fraction of sp³-hybridized carbons (Fsp3) is 0.500. The van der Waals surface area contributed by atoms with Crippen molar-refractivity contribution in [3.63, 3.8) is 0 Å². The van der Waals surface area contributed by atoms with E-state index in [0.29, 0.717) is 11.5 Å². The van der Waals surface area contributed by atoms with Crippen LogP contribution in [0.5, 0.6) is 0 Å².